The van der Waals surface area contributed by atoms with Gasteiger partial charge in [-0.05, 0) is 73.1 Å². The van der Waals surface area contributed by atoms with Gasteiger partial charge in [0.05, 0.1) is 30.0 Å². The number of amides is 1. The van der Waals surface area contributed by atoms with Gasteiger partial charge in [0.25, 0.3) is 0 Å². The van der Waals surface area contributed by atoms with Crippen molar-refractivity contribution >= 4 is 28.8 Å². The van der Waals surface area contributed by atoms with Gasteiger partial charge < -0.3 is 20.3 Å². The number of nitrogens with two attached hydrogens (primary N) is 1. The highest BCUT2D eigenvalue weighted by molar-refractivity contribution is 5.91. The maximum absolute atomic E-state index is 12.1. The number of hydrogen-bond acceptors (Lipinski definition) is 5. The van der Waals surface area contributed by atoms with Crippen LogP contribution < -0.4 is 10.6 Å². The number of hydrogen-bond donors (Lipinski definition) is 1. The fourth-order valence-corrected chi connectivity index (χ4v) is 5.90. The van der Waals surface area contributed by atoms with Gasteiger partial charge in [-0.15, -0.1) is 0 Å². The lowest BCUT2D eigenvalue weighted by Gasteiger charge is -2.46. The second kappa shape index (κ2) is 9.26. The topological polar surface area (TPSA) is 71.7 Å². The van der Waals surface area contributed by atoms with Crippen molar-refractivity contribution in [3.05, 3.63) is 53.6 Å². The second-order valence-corrected chi connectivity index (χ2v) is 9.54. The minimum absolute atomic E-state index is 0.269. The Morgan fingerprint density at radius 3 is 2.71 bits per heavy atom. The zero-order valence-electron chi connectivity index (χ0n) is 20.2. The van der Waals surface area contributed by atoms with E-state index in [0.29, 0.717) is 19.0 Å². The molecule has 3 aromatic rings. The van der Waals surface area contributed by atoms with E-state index in [1.807, 2.05) is 4.90 Å². The monoisotopic (exact) mass is 458 g/mol. The lowest BCUT2D eigenvalue weighted by Crippen LogP contribution is -2.48. The summed E-state index contributed by atoms with van der Waals surface area (Å²) in [5.74, 6) is 0.562. The van der Waals surface area contributed by atoms with Crippen LogP contribution >= 0.6 is 0 Å². The molecule has 0 bridgehead atoms. The number of ether oxygens (including phenoxy) is 1. The van der Waals surface area contributed by atoms with Crippen molar-refractivity contribution in [3.63, 3.8) is 0 Å². The van der Waals surface area contributed by atoms with E-state index in [9.17, 15) is 4.79 Å². The first-order chi connectivity index (χ1) is 16.6. The Labute approximate surface area is 201 Å². The summed E-state index contributed by atoms with van der Waals surface area (Å²) in [5.41, 5.74) is 12.8. The summed E-state index contributed by atoms with van der Waals surface area (Å²) in [4.78, 5) is 21.1. The van der Waals surface area contributed by atoms with Crippen molar-refractivity contribution in [2.24, 2.45) is 0 Å². The molecule has 2 aromatic carbocycles. The highest BCUT2D eigenvalue weighted by Gasteiger charge is 2.40. The highest BCUT2D eigenvalue weighted by Crippen LogP contribution is 2.45. The van der Waals surface area contributed by atoms with Gasteiger partial charge in [-0.25, -0.2) is 4.98 Å². The molecule has 2 fully saturated rings. The summed E-state index contributed by atoms with van der Waals surface area (Å²) in [6.45, 7) is 8.23. The fraction of sp³-hybridized carbons (Fsp3) is 0.429. The molecule has 2 aliphatic rings. The zero-order valence-corrected chi connectivity index (χ0v) is 20.2. The van der Waals surface area contributed by atoms with Gasteiger partial charge in [-0.1, -0.05) is 31.2 Å². The summed E-state index contributed by atoms with van der Waals surface area (Å²) in [6, 6.07) is 15.1. The third-order valence-corrected chi connectivity index (χ3v) is 7.74. The van der Waals surface area contributed by atoms with Crippen molar-refractivity contribution in [1.82, 2.24) is 9.88 Å². The van der Waals surface area contributed by atoms with Crippen molar-refractivity contribution in [2.75, 3.05) is 43.5 Å². The van der Waals surface area contributed by atoms with Crippen LogP contribution in [0.3, 0.4) is 0 Å². The molecule has 0 saturated carbocycles. The molecule has 1 amide bonds. The number of nitrogen functional groups attached to an aromatic ring is 1. The molecule has 6 nitrogen and oxygen atoms in total. The Morgan fingerprint density at radius 1 is 1.12 bits per heavy atom. The fourth-order valence-electron chi connectivity index (χ4n) is 5.90. The summed E-state index contributed by atoms with van der Waals surface area (Å²) in [6.07, 6.45) is 5.14. The van der Waals surface area contributed by atoms with Gasteiger partial charge >= 0.3 is 0 Å². The van der Waals surface area contributed by atoms with Gasteiger partial charge in [-0.2, -0.15) is 0 Å². The number of morpholine rings is 1. The minimum Gasteiger partial charge on any atom is -0.382 e. The number of aromatic nitrogens is 1. The number of carbonyl (C=O) groups excluding carboxylic acids is 1. The van der Waals surface area contributed by atoms with E-state index in [1.165, 1.54) is 16.7 Å². The van der Waals surface area contributed by atoms with E-state index < -0.39 is 0 Å². The molecule has 0 radical (unpaired) electrons. The zero-order chi connectivity index (χ0) is 23.7. The van der Waals surface area contributed by atoms with Crippen molar-refractivity contribution in [3.8, 4) is 11.1 Å². The standard InChI is InChI=1S/C28H34N4O2/c1-3-28(11-4-5-12-32(28)19-33)23-8-6-7-20(2)26(23)21-9-10-24-22(17-21)18-25(27(29)30-24)31-13-15-34-16-14-31/h6-10,17-19H,3-5,11-16H2,1-2H3,(H2,29,30). The Morgan fingerprint density at radius 2 is 1.94 bits per heavy atom. The lowest BCUT2D eigenvalue weighted by molar-refractivity contribution is -0.127. The Kier molecular flexibility index (Phi) is 6.17. The largest absolute Gasteiger partial charge is 0.382 e. The molecule has 34 heavy (non-hydrogen) atoms. The average Bonchev–Trinajstić information content (AvgIpc) is 2.88. The Bertz CT molecular complexity index is 1200. The number of likely N-dealkylation sites (tertiary alicyclic amines) is 1. The molecule has 178 valence electrons. The molecule has 6 heteroatoms. The van der Waals surface area contributed by atoms with Crippen LogP contribution in [-0.2, 0) is 15.1 Å². The molecular formula is C28H34N4O2. The van der Waals surface area contributed by atoms with Crippen LogP contribution in [0, 0.1) is 6.92 Å². The van der Waals surface area contributed by atoms with Gasteiger partial charge in [-0.3, -0.25) is 4.79 Å². The molecular weight excluding hydrogens is 424 g/mol. The highest BCUT2D eigenvalue weighted by atomic mass is 16.5. The number of piperidine rings is 1. The molecule has 0 spiro atoms. The Hall–Kier alpha value is -3.12. The van der Waals surface area contributed by atoms with Crippen LogP contribution in [0.2, 0.25) is 0 Å². The maximum Gasteiger partial charge on any atom is 0.210 e. The first-order valence-corrected chi connectivity index (χ1v) is 12.4. The van der Waals surface area contributed by atoms with E-state index in [0.717, 1.165) is 73.9 Å². The van der Waals surface area contributed by atoms with Crippen molar-refractivity contribution in [1.29, 1.82) is 0 Å². The number of anilines is 2. The molecule has 2 aliphatic heterocycles. The summed E-state index contributed by atoms with van der Waals surface area (Å²) in [7, 11) is 0. The number of nitrogens with zero attached hydrogens (tertiary/aromatic N) is 3. The minimum atomic E-state index is -0.269. The van der Waals surface area contributed by atoms with E-state index in [1.54, 1.807) is 0 Å². The molecule has 0 aliphatic carbocycles. The van der Waals surface area contributed by atoms with Crippen LogP contribution in [0.15, 0.2) is 42.5 Å². The van der Waals surface area contributed by atoms with Gasteiger partial charge in [0.15, 0.2) is 0 Å². The molecule has 2 N–H and O–H groups in total. The normalized spacial score (nSPS) is 21.1. The molecule has 5 rings (SSSR count). The molecule has 3 heterocycles. The number of aryl methyl sites for hydroxylation is 1. The van der Waals surface area contributed by atoms with Gasteiger partial charge in [0.1, 0.15) is 5.82 Å². The van der Waals surface area contributed by atoms with Crippen LogP contribution in [0.5, 0.6) is 0 Å². The molecule has 1 atom stereocenters. The van der Waals surface area contributed by atoms with Crippen LogP contribution in [0.25, 0.3) is 22.0 Å². The second-order valence-electron chi connectivity index (χ2n) is 9.54. The smallest absolute Gasteiger partial charge is 0.210 e. The number of benzene rings is 2. The van der Waals surface area contributed by atoms with E-state index in [-0.39, 0.29) is 5.54 Å². The predicted octanol–water partition coefficient (Wildman–Crippen LogP) is 4.88. The number of pyridine rings is 1. The molecule has 1 aromatic heterocycles. The van der Waals surface area contributed by atoms with Crippen molar-refractivity contribution in [2.45, 2.75) is 45.1 Å². The van der Waals surface area contributed by atoms with Crippen molar-refractivity contribution < 1.29 is 9.53 Å². The van der Waals surface area contributed by atoms with E-state index >= 15 is 0 Å². The summed E-state index contributed by atoms with van der Waals surface area (Å²) >= 11 is 0. The molecule has 1 unspecified atom stereocenters. The van der Waals surface area contributed by atoms with E-state index in [2.05, 4.69) is 61.2 Å². The number of carbonyl (C=O) groups is 1. The summed E-state index contributed by atoms with van der Waals surface area (Å²) < 4.78 is 5.52. The average molecular weight is 459 g/mol. The van der Waals surface area contributed by atoms with Gasteiger partial charge in [0.2, 0.25) is 6.41 Å². The van der Waals surface area contributed by atoms with Crippen LogP contribution in [0.1, 0.15) is 43.7 Å². The predicted molar refractivity (Wildman–Crippen MR) is 138 cm³/mol. The SMILES string of the molecule is CCC1(c2cccc(C)c2-c2ccc3nc(N)c(N4CCOCC4)cc3c2)CCCCN1C=O. The number of rotatable bonds is 5. The third-order valence-electron chi connectivity index (χ3n) is 7.74. The quantitative estimate of drug-likeness (QED) is 0.552. The molecule has 2 saturated heterocycles. The lowest BCUT2D eigenvalue weighted by atomic mass is 9.74. The van der Waals surface area contributed by atoms with E-state index in [4.69, 9.17) is 15.5 Å². The Balaban J connectivity index is 1.65. The summed E-state index contributed by atoms with van der Waals surface area (Å²) in [5, 5.41) is 1.07. The first-order valence-electron chi connectivity index (χ1n) is 12.4. The number of fused-ring (bicyclic) bond motifs is 1. The van der Waals surface area contributed by atoms with Crippen LogP contribution in [-0.4, -0.2) is 49.1 Å². The third kappa shape index (κ3) is 3.80. The van der Waals surface area contributed by atoms with Crippen LogP contribution in [0.4, 0.5) is 11.5 Å². The van der Waals surface area contributed by atoms with Gasteiger partial charge in [0, 0.05) is 25.0 Å². The maximum atomic E-state index is 12.1. The first kappa shape index (κ1) is 22.7.